The molecule has 7 heteroatoms. The second-order valence-electron chi connectivity index (χ2n) is 5.51. The normalized spacial score (nSPS) is 10.6. The van der Waals surface area contributed by atoms with Crippen LogP contribution in [-0.4, -0.2) is 22.8 Å². The number of rotatable bonds is 5. The smallest absolute Gasteiger partial charge is 0.276 e. The minimum atomic E-state index is -0.572. The molecule has 1 heterocycles. The highest BCUT2D eigenvalue weighted by Gasteiger charge is 2.18. The number of benzene rings is 2. The van der Waals surface area contributed by atoms with Crippen LogP contribution in [0.3, 0.4) is 0 Å². The molecule has 1 amide bonds. The molecule has 0 aliphatic carbocycles. The molecule has 2 aromatic carbocycles. The van der Waals surface area contributed by atoms with E-state index in [1.807, 2.05) is 6.92 Å². The lowest BCUT2D eigenvalue weighted by Crippen LogP contribution is -2.14. The van der Waals surface area contributed by atoms with E-state index in [0.717, 1.165) is 0 Å². The van der Waals surface area contributed by atoms with Crippen molar-refractivity contribution < 1.29 is 18.3 Å². The molecule has 0 spiro atoms. The van der Waals surface area contributed by atoms with E-state index in [1.54, 1.807) is 18.2 Å². The lowest BCUT2D eigenvalue weighted by atomic mass is 10.1. The largest absolute Gasteiger partial charge is 0.497 e. The predicted octanol–water partition coefficient (Wildman–Crippen LogP) is 4.11. The van der Waals surface area contributed by atoms with Crippen LogP contribution < -0.4 is 10.1 Å². The maximum atomic E-state index is 14.4. The van der Waals surface area contributed by atoms with Gasteiger partial charge in [0.15, 0.2) is 5.69 Å². The fourth-order valence-electron chi connectivity index (χ4n) is 2.57. The Morgan fingerprint density at radius 1 is 1.15 bits per heavy atom. The van der Waals surface area contributed by atoms with Crippen LogP contribution in [0.2, 0.25) is 0 Å². The molecule has 0 saturated carbocycles. The Kier molecular flexibility index (Phi) is 4.97. The number of methoxy groups -OCH3 is 1. The molecule has 0 fully saturated rings. The number of hydrogen-bond donors (Lipinski definition) is 1. The first kappa shape index (κ1) is 17.6. The molecule has 0 unspecified atom stereocenters. The molecule has 1 N–H and O–H groups in total. The zero-order chi connectivity index (χ0) is 18.7. The predicted molar refractivity (Wildman–Crippen MR) is 94.2 cm³/mol. The number of aryl methyl sites for hydroxylation is 1. The number of carbonyl (C=O) groups excluding carboxylic acids is 1. The van der Waals surface area contributed by atoms with Gasteiger partial charge in [-0.25, -0.2) is 8.78 Å². The van der Waals surface area contributed by atoms with E-state index >= 15 is 0 Å². The molecular formula is C19H17F2N3O2. The minimum absolute atomic E-state index is 0.0562. The zero-order valence-corrected chi connectivity index (χ0v) is 14.3. The Bertz CT molecular complexity index is 954. The van der Waals surface area contributed by atoms with E-state index in [2.05, 4.69) is 10.4 Å². The van der Waals surface area contributed by atoms with Crippen molar-refractivity contribution in [3.63, 3.8) is 0 Å². The Hall–Kier alpha value is -3.22. The molecule has 5 nitrogen and oxygen atoms in total. The lowest BCUT2D eigenvalue weighted by molar-refractivity contribution is 0.102. The monoisotopic (exact) mass is 357 g/mol. The molecule has 0 radical (unpaired) electrons. The van der Waals surface area contributed by atoms with Crippen LogP contribution in [0.1, 0.15) is 17.4 Å². The van der Waals surface area contributed by atoms with E-state index in [4.69, 9.17) is 4.74 Å². The lowest BCUT2D eigenvalue weighted by Gasteiger charge is -2.07. The Labute approximate surface area is 149 Å². The van der Waals surface area contributed by atoms with E-state index < -0.39 is 17.5 Å². The van der Waals surface area contributed by atoms with Crippen molar-refractivity contribution in [2.24, 2.45) is 0 Å². The number of aromatic nitrogens is 2. The molecule has 1 aromatic heterocycles. The van der Waals surface area contributed by atoms with Crippen molar-refractivity contribution in [3.8, 4) is 17.0 Å². The summed E-state index contributed by atoms with van der Waals surface area (Å²) >= 11 is 0. The molecule has 0 aliphatic rings. The number of anilines is 1. The average Bonchev–Trinajstić information content (AvgIpc) is 3.07. The zero-order valence-electron chi connectivity index (χ0n) is 14.3. The standard InChI is InChI=1S/C19H17F2N3O2/c1-3-24-18(13-9-8-12(26-2)10-15(13)21)11-17(23-24)19(25)22-16-7-5-4-6-14(16)20/h4-11H,3H2,1-2H3,(H,22,25). The van der Waals surface area contributed by atoms with Crippen molar-refractivity contribution in [2.75, 3.05) is 12.4 Å². The van der Waals surface area contributed by atoms with Gasteiger partial charge in [-0.3, -0.25) is 9.48 Å². The highest BCUT2D eigenvalue weighted by Crippen LogP contribution is 2.27. The number of hydrogen-bond acceptors (Lipinski definition) is 3. The highest BCUT2D eigenvalue weighted by atomic mass is 19.1. The molecule has 0 bridgehead atoms. The quantitative estimate of drug-likeness (QED) is 0.748. The Balaban J connectivity index is 1.94. The first-order valence-corrected chi connectivity index (χ1v) is 8.01. The summed E-state index contributed by atoms with van der Waals surface area (Å²) < 4.78 is 34.6. The molecule has 26 heavy (non-hydrogen) atoms. The molecule has 0 saturated heterocycles. The summed E-state index contributed by atoms with van der Waals surface area (Å²) in [6.45, 7) is 2.27. The maximum absolute atomic E-state index is 14.4. The van der Waals surface area contributed by atoms with Gasteiger partial charge in [-0.15, -0.1) is 0 Å². The first-order valence-electron chi connectivity index (χ1n) is 8.01. The van der Waals surface area contributed by atoms with Gasteiger partial charge in [0, 0.05) is 18.2 Å². The fraction of sp³-hybridized carbons (Fsp3) is 0.158. The van der Waals surface area contributed by atoms with Gasteiger partial charge in [-0.05, 0) is 37.3 Å². The molecule has 0 atom stereocenters. The van der Waals surface area contributed by atoms with Crippen LogP contribution in [-0.2, 0) is 6.54 Å². The summed E-state index contributed by atoms with van der Waals surface area (Å²) in [6, 6.07) is 11.8. The van der Waals surface area contributed by atoms with Crippen LogP contribution in [0.15, 0.2) is 48.5 Å². The third-order valence-electron chi connectivity index (χ3n) is 3.89. The van der Waals surface area contributed by atoms with Gasteiger partial charge < -0.3 is 10.1 Å². The van der Waals surface area contributed by atoms with Gasteiger partial charge in [0.25, 0.3) is 5.91 Å². The fourth-order valence-corrected chi connectivity index (χ4v) is 2.57. The van der Waals surface area contributed by atoms with Crippen molar-refractivity contribution in [1.29, 1.82) is 0 Å². The van der Waals surface area contributed by atoms with Gasteiger partial charge in [0.1, 0.15) is 17.4 Å². The Morgan fingerprint density at radius 2 is 1.92 bits per heavy atom. The summed E-state index contributed by atoms with van der Waals surface area (Å²) in [5.41, 5.74) is 0.873. The maximum Gasteiger partial charge on any atom is 0.276 e. The summed E-state index contributed by atoms with van der Waals surface area (Å²) in [7, 11) is 1.45. The number of nitrogens with one attached hydrogen (secondary N) is 1. The van der Waals surface area contributed by atoms with Gasteiger partial charge in [-0.1, -0.05) is 12.1 Å². The van der Waals surface area contributed by atoms with Crippen molar-refractivity contribution >= 4 is 11.6 Å². The average molecular weight is 357 g/mol. The van der Waals surface area contributed by atoms with Gasteiger partial charge >= 0.3 is 0 Å². The van der Waals surface area contributed by atoms with Crippen LogP contribution >= 0.6 is 0 Å². The SMILES string of the molecule is CCn1nc(C(=O)Nc2ccccc2F)cc1-c1ccc(OC)cc1F. The summed E-state index contributed by atoms with van der Waals surface area (Å²) in [5.74, 6) is -1.21. The topological polar surface area (TPSA) is 56.2 Å². The summed E-state index contributed by atoms with van der Waals surface area (Å²) in [6.07, 6.45) is 0. The molecule has 3 rings (SSSR count). The third-order valence-corrected chi connectivity index (χ3v) is 3.89. The van der Waals surface area contributed by atoms with Gasteiger partial charge in [0.05, 0.1) is 18.5 Å². The third kappa shape index (κ3) is 3.42. The van der Waals surface area contributed by atoms with Gasteiger partial charge in [0.2, 0.25) is 0 Å². The summed E-state index contributed by atoms with van der Waals surface area (Å²) in [4.78, 5) is 12.4. The van der Waals surface area contributed by atoms with Crippen LogP contribution in [0.25, 0.3) is 11.3 Å². The molecule has 134 valence electrons. The number of halogens is 2. The van der Waals surface area contributed by atoms with Crippen molar-refractivity contribution in [3.05, 3.63) is 65.9 Å². The minimum Gasteiger partial charge on any atom is -0.497 e. The van der Waals surface area contributed by atoms with Crippen molar-refractivity contribution in [2.45, 2.75) is 13.5 Å². The number of nitrogens with zero attached hydrogens (tertiary/aromatic N) is 2. The second-order valence-corrected chi connectivity index (χ2v) is 5.51. The van der Waals surface area contributed by atoms with Crippen LogP contribution in [0, 0.1) is 11.6 Å². The van der Waals surface area contributed by atoms with Crippen molar-refractivity contribution in [1.82, 2.24) is 9.78 Å². The van der Waals surface area contributed by atoms with Gasteiger partial charge in [-0.2, -0.15) is 5.10 Å². The van der Waals surface area contributed by atoms with E-state index in [0.29, 0.717) is 23.6 Å². The second kappa shape index (κ2) is 7.35. The number of ether oxygens (including phenoxy) is 1. The first-order chi connectivity index (χ1) is 12.5. The summed E-state index contributed by atoms with van der Waals surface area (Å²) in [5, 5.41) is 6.67. The molecular weight excluding hydrogens is 340 g/mol. The molecule has 0 aliphatic heterocycles. The van der Waals surface area contributed by atoms with E-state index in [9.17, 15) is 13.6 Å². The number of para-hydroxylation sites is 1. The number of amides is 1. The van der Waals surface area contributed by atoms with E-state index in [1.165, 1.54) is 42.1 Å². The number of carbonyl (C=O) groups is 1. The van der Waals surface area contributed by atoms with E-state index in [-0.39, 0.29) is 11.4 Å². The van der Waals surface area contributed by atoms with Crippen LogP contribution in [0.5, 0.6) is 5.75 Å². The molecule has 3 aromatic rings. The van der Waals surface area contributed by atoms with Crippen LogP contribution in [0.4, 0.5) is 14.5 Å². The highest BCUT2D eigenvalue weighted by molar-refractivity contribution is 6.03. The Morgan fingerprint density at radius 3 is 2.58 bits per heavy atom.